The Bertz CT molecular complexity index is 237. The van der Waals surface area contributed by atoms with Gasteiger partial charge in [-0.05, 0) is 48.1 Å². The van der Waals surface area contributed by atoms with Gasteiger partial charge in [-0.25, -0.2) is 4.98 Å². The van der Waals surface area contributed by atoms with Crippen molar-refractivity contribution < 1.29 is 0 Å². The zero-order valence-electron chi connectivity index (χ0n) is 5.78. The average molecular weight is 312 g/mol. The second-order valence-corrected chi connectivity index (χ2v) is 4.10. The summed E-state index contributed by atoms with van der Waals surface area (Å²) in [4.78, 5) is 4.29. The van der Waals surface area contributed by atoms with Crippen LogP contribution in [-0.4, -0.2) is 4.98 Å². The van der Waals surface area contributed by atoms with Gasteiger partial charge in [0.05, 0.1) is 0 Å². The smallest absolute Gasteiger partial charge is 0.102 e. The van der Waals surface area contributed by atoms with E-state index in [1.54, 1.807) is 0 Å². The molecule has 0 aliphatic heterocycles. The van der Waals surface area contributed by atoms with Crippen LogP contribution in [-0.2, 0) is 0 Å². The highest BCUT2D eigenvalue weighted by molar-refractivity contribution is 14.1. The van der Waals surface area contributed by atoms with Crippen LogP contribution in [0.2, 0.25) is 0 Å². The molecule has 10 heavy (non-hydrogen) atoms. The number of rotatable bonds is 0. The van der Waals surface area contributed by atoms with E-state index < -0.39 is 0 Å². The second kappa shape index (κ2) is 3.17. The lowest BCUT2D eigenvalue weighted by atomic mass is 10.2. The van der Waals surface area contributed by atoms with Gasteiger partial charge in [0, 0.05) is 10.2 Å². The van der Waals surface area contributed by atoms with E-state index in [-0.39, 0.29) is 0 Å². The number of nitrogens with zero attached hydrogens (tertiary/aromatic N) is 1. The summed E-state index contributed by atoms with van der Waals surface area (Å²) in [6.45, 7) is 4.07. The quantitative estimate of drug-likeness (QED) is 0.530. The molecule has 0 radical (unpaired) electrons. The predicted octanol–water partition coefficient (Wildman–Crippen LogP) is 3.07. The van der Waals surface area contributed by atoms with Crippen LogP contribution in [0.25, 0.3) is 0 Å². The molecule has 0 aliphatic carbocycles. The standard InChI is InChI=1S/C7H7BrIN/c1-4-5(2)10-7(9)3-6(4)8/h3H,1-2H3. The molecule has 1 heterocycles. The Hall–Kier alpha value is 0.360. The number of pyridine rings is 1. The second-order valence-electron chi connectivity index (χ2n) is 2.14. The fourth-order valence-corrected chi connectivity index (χ4v) is 2.27. The molecule has 0 spiro atoms. The molecule has 54 valence electrons. The number of aryl methyl sites for hydroxylation is 1. The van der Waals surface area contributed by atoms with E-state index >= 15 is 0 Å². The molecule has 1 rings (SSSR count). The van der Waals surface area contributed by atoms with E-state index in [0.29, 0.717) is 0 Å². The van der Waals surface area contributed by atoms with Crippen LogP contribution >= 0.6 is 38.5 Å². The van der Waals surface area contributed by atoms with Crippen LogP contribution in [0.15, 0.2) is 10.5 Å². The van der Waals surface area contributed by atoms with Crippen molar-refractivity contribution in [2.75, 3.05) is 0 Å². The molecule has 1 aromatic rings. The van der Waals surface area contributed by atoms with Crippen molar-refractivity contribution in [2.45, 2.75) is 13.8 Å². The number of hydrogen-bond acceptors (Lipinski definition) is 1. The molecular weight excluding hydrogens is 305 g/mol. The first-order valence-electron chi connectivity index (χ1n) is 2.90. The van der Waals surface area contributed by atoms with Crippen molar-refractivity contribution in [3.8, 4) is 0 Å². The average Bonchev–Trinajstić information content (AvgIpc) is 1.82. The minimum atomic E-state index is 1.03. The molecule has 0 aromatic carbocycles. The van der Waals surface area contributed by atoms with Gasteiger partial charge in [-0.3, -0.25) is 0 Å². The monoisotopic (exact) mass is 311 g/mol. The van der Waals surface area contributed by atoms with Gasteiger partial charge in [-0.2, -0.15) is 0 Å². The van der Waals surface area contributed by atoms with E-state index in [0.717, 1.165) is 13.9 Å². The Morgan fingerprint density at radius 2 is 2.10 bits per heavy atom. The van der Waals surface area contributed by atoms with Crippen molar-refractivity contribution in [3.05, 3.63) is 25.5 Å². The van der Waals surface area contributed by atoms with Gasteiger partial charge < -0.3 is 0 Å². The van der Waals surface area contributed by atoms with E-state index in [9.17, 15) is 0 Å². The Balaban J connectivity index is 3.31. The van der Waals surface area contributed by atoms with Gasteiger partial charge in [0.1, 0.15) is 3.70 Å². The summed E-state index contributed by atoms with van der Waals surface area (Å²) in [5.74, 6) is 0. The van der Waals surface area contributed by atoms with Gasteiger partial charge in [-0.1, -0.05) is 15.9 Å². The molecule has 3 heteroatoms. The molecule has 0 unspecified atom stereocenters. The van der Waals surface area contributed by atoms with E-state index in [2.05, 4.69) is 50.4 Å². The zero-order valence-corrected chi connectivity index (χ0v) is 9.52. The van der Waals surface area contributed by atoms with Crippen LogP contribution in [0.1, 0.15) is 11.3 Å². The van der Waals surface area contributed by atoms with E-state index in [1.807, 2.05) is 13.0 Å². The third-order valence-electron chi connectivity index (χ3n) is 1.42. The highest BCUT2D eigenvalue weighted by Crippen LogP contribution is 2.19. The molecule has 0 saturated carbocycles. The molecule has 0 bridgehead atoms. The first-order chi connectivity index (χ1) is 4.61. The van der Waals surface area contributed by atoms with Crippen molar-refractivity contribution in [2.24, 2.45) is 0 Å². The molecular formula is C7H7BrIN. The maximum absolute atomic E-state index is 4.29. The van der Waals surface area contributed by atoms with Crippen LogP contribution in [0.4, 0.5) is 0 Å². The molecule has 0 fully saturated rings. The lowest BCUT2D eigenvalue weighted by Gasteiger charge is -2.01. The summed E-state index contributed by atoms with van der Waals surface area (Å²) >= 11 is 5.66. The van der Waals surface area contributed by atoms with Gasteiger partial charge in [0.2, 0.25) is 0 Å². The van der Waals surface area contributed by atoms with Crippen LogP contribution < -0.4 is 0 Å². The maximum Gasteiger partial charge on any atom is 0.102 e. The summed E-state index contributed by atoms with van der Waals surface area (Å²) in [7, 11) is 0. The molecule has 0 aliphatic rings. The van der Waals surface area contributed by atoms with E-state index in [4.69, 9.17) is 0 Å². The number of hydrogen-bond donors (Lipinski definition) is 0. The van der Waals surface area contributed by atoms with Crippen LogP contribution in [0.3, 0.4) is 0 Å². The Morgan fingerprint density at radius 3 is 2.60 bits per heavy atom. The topological polar surface area (TPSA) is 12.9 Å². The predicted molar refractivity (Wildman–Crippen MR) is 54.1 cm³/mol. The lowest BCUT2D eigenvalue weighted by molar-refractivity contribution is 1.11. The van der Waals surface area contributed by atoms with Crippen molar-refractivity contribution in [1.29, 1.82) is 0 Å². The SMILES string of the molecule is Cc1nc(I)cc(Br)c1C. The lowest BCUT2D eigenvalue weighted by Crippen LogP contribution is -1.90. The first-order valence-corrected chi connectivity index (χ1v) is 4.77. The first kappa shape index (κ1) is 8.46. The molecule has 0 N–H and O–H groups in total. The largest absolute Gasteiger partial charge is 0.247 e. The Kier molecular flexibility index (Phi) is 2.68. The molecule has 0 saturated heterocycles. The minimum absolute atomic E-state index is 1.03. The molecule has 1 aromatic heterocycles. The number of halogens is 2. The van der Waals surface area contributed by atoms with Crippen LogP contribution in [0.5, 0.6) is 0 Å². The van der Waals surface area contributed by atoms with Gasteiger partial charge in [0.15, 0.2) is 0 Å². The summed E-state index contributed by atoms with van der Waals surface area (Å²) in [6, 6.07) is 2.02. The summed E-state index contributed by atoms with van der Waals surface area (Å²) in [5, 5.41) is 0. The van der Waals surface area contributed by atoms with Crippen molar-refractivity contribution >= 4 is 38.5 Å². The van der Waals surface area contributed by atoms with Crippen LogP contribution in [0, 0.1) is 17.5 Å². The molecule has 0 amide bonds. The number of aromatic nitrogens is 1. The van der Waals surface area contributed by atoms with E-state index in [1.165, 1.54) is 5.56 Å². The normalized spacial score (nSPS) is 10.0. The molecule has 0 atom stereocenters. The van der Waals surface area contributed by atoms with Crippen molar-refractivity contribution in [3.63, 3.8) is 0 Å². The van der Waals surface area contributed by atoms with Crippen molar-refractivity contribution in [1.82, 2.24) is 4.98 Å². The Labute approximate surface area is 82.5 Å². The molecule has 1 nitrogen and oxygen atoms in total. The fraction of sp³-hybridized carbons (Fsp3) is 0.286. The summed E-state index contributed by atoms with van der Waals surface area (Å²) in [6.07, 6.45) is 0. The maximum atomic E-state index is 4.29. The summed E-state index contributed by atoms with van der Waals surface area (Å²) < 4.78 is 2.18. The third-order valence-corrected chi connectivity index (χ3v) is 2.80. The third kappa shape index (κ3) is 1.69. The van der Waals surface area contributed by atoms with Gasteiger partial charge >= 0.3 is 0 Å². The highest BCUT2D eigenvalue weighted by atomic mass is 127. The fourth-order valence-electron chi connectivity index (χ4n) is 0.662. The zero-order chi connectivity index (χ0) is 7.72. The summed E-state index contributed by atoms with van der Waals surface area (Å²) in [5.41, 5.74) is 2.32. The minimum Gasteiger partial charge on any atom is -0.247 e. The highest BCUT2D eigenvalue weighted by Gasteiger charge is 1.99. The van der Waals surface area contributed by atoms with Gasteiger partial charge in [0.25, 0.3) is 0 Å². The van der Waals surface area contributed by atoms with Gasteiger partial charge in [-0.15, -0.1) is 0 Å². The Morgan fingerprint density at radius 1 is 1.50 bits per heavy atom.